The number of carbonyl (C=O) groups is 2. The molecule has 0 atom stereocenters. The number of benzene rings is 1. The van der Waals surface area contributed by atoms with Crippen LogP contribution in [0.4, 0.5) is 0 Å². The summed E-state index contributed by atoms with van der Waals surface area (Å²) in [5.74, 6) is -0.577. The minimum absolute atomic E-state index is 0.254. The van der Waals surface area contributed by atoms with Gasteiger partial charge in [-0.15, -0.1) is 0 Å². The van der Waals surface area contributed by atoms with Gasteiger partial charge in [0.1, 0.15) is 6.61 Å². The van der Waals surface area contributed by atoms with E-state index in [1.807, 2.05) is 24.3 Å². The highest BCUT2D eigenvalue weighted by Gasteiger charge is 2.02. The normalized spacial score (nSPS) is 9.62. The fourth-order valence-corrected chi connectivity index (χ4v) is 1.18. The molecule has 1 rings (SSSR count). The number of hydrogen-bond donors (Lipinski definition) is 0. The molecule has 0 spiro atoms. The van der Waals surface area contributed by atoms with Crippen LogP contribution in [0, 0.1) is 0 Å². The van der Waals surface area contributed by atoms with E-state index in [9.17, 15) is 9.59 Å². The molecule has 4 nitrogen and oxygen atoms in total. The van der Waals surface area contributed by atoms with Crippen molar-refractivity contribution in [2.24, 2.45) is 0 Å². The van der Waals surface area contributed by atoms with Gasteiger partial charge in [-0.1, -0.05) is 24.3 Å². The molecule has 0 aliphatic carbocycles. The van der Waals surface area contributed by atoms with Crippen molar-refractivity contribution in [2.45, 2.75) is 20.0 Å². The van der Waals surface area contributed by atoms with Crippen LogP contribution in [-0.2, 0) is 32.1 Å². The molecule has 0 radical (unpaired) electrons. The molecular formula is C12H14O4. The molecule has 0 aliphatic heterocycles. The SMILES string of the molecule is COC(=O)Cc1ccc(COC(C)=O)cc1. The molecule has 0 bridgehead atoms. The zero-order valence-corrected chi connectivity index (χ0v) is 9.36. The molecule has 0 amide bonds. The van der Waals surface area contributed by atoms with E-state index < -0.39 is 0 Å². The van der Waals surface area contributed by atoms with Crippen molar-refractivity contribution in [3.63, 3.8) is 0 Å². The molecule has 4 heteroatoms. The summed E-state index contributed by atoms with van der Waals surface area (Å²) in [7, 11) is 1.36. The fourth-order valence-electron chi connectivity index (χ4n) is 1.18. The van der Waals surface area contributed by atoms with Crippen molar-refractivity contribution in [3.05, 3.63) is 35.4 Å². The van der Waals surface area contributed by atoms with Gasteiger partial charge < -0.3 is 9.47 Å². The summed E-state index contributed by atoms with van der Waals surface area (Å²) in [6.07, 6.45) is 0.254. The predicted molar refractivity (Wildman–Crippen MR) is 57.6 cm³/mol. The van der Waals surface area contributed by atoms with Gasteiger partial charge in [-0.2, -0.15) is 0 Å². The first-order valence-electron chi connectivity index (χ1n) is 4.90. The maximum absolute atomic E-state index is 11.0. The van der Waals surface area contributed by atoms with E-state index in [0.29, 0.717) is 0 Å². The summed E-state index contributed by atoms with van der Waals surface area (Å²) < 4.78 is 9.39. The Morgan fingerprint density at radius 1 is 1.12 bits per heavy atom. The Morgan fingerprint density at radius 3 is 2.19 bits per heavy atom. The van der Waals surface area contributed by atoms with Crippen LogP contribution in [0.1, 0.15) is 18.1 Å². The highest BCUT2D eigenvalue weighted by atomic mass is 16.5. The van der Waals surface area contributed by atoms with Crippen molar-refractivity contribution in [1.82, 2.24) is 0 Å². The first-order chi connectivity index (χ1) is 7.61. The van der Waals surface area contributed by atoms with Gasteiger partial charge >= 0.3 is 11.9 Å². The maximum atomic E-state index is 11.0. The van der Waals surface area contributed by atoms with Gasteiger partial charge in [0.05, 0.1) is 13.5 Å². The third kappa shape index (κ3) is 4.13. The van der Waals surface area contributed by atoms with E-state index in [1.165, 1.54) is 14.0 Å². The van der Waals surface area contributed by atoms with Crippen molar-refractivity contribution in [2.75, 3.05) is 7.11 Å². The highest BCUT2D eigenvalue weighted by molar-refractivity contribution is 5.72. The standard InChI is InChI=1S/C12H14O4/c1-9(13)16-8-11-5-3-10(4-6-11)7-12(14)15-2/h3-6H,7-8H2,1-2H3. The summed E-state index contributed by atoms with van der Waals surface area (Å²) in [6, 6.07) is 7.27. The molecule has 1 aromatic carbocycles. The molecule has 86 valence electrons. The van der Waals surface area contributed by atoms with E-state index in [0.717, 1.165) is 11.1 Å². The Morgan fingerprint density at radius 2 is 1.69 bits per heavy atom. The van der Waals surface area contributed by atoms with Crippen LogP contribution >= 0.6 is 0 Å². The van der Waals surface area contributed by atoms with E-state index in [4.69, 9.17) is 4.74 Å². The average Bonchev–Trinajstić information content (AvgIpc) is 2.28. The van der Waals surface area contributed by atoms with Gasteiger partial charge in [-0.05, 0) is 11.1 Å². The third-order valence-electron chi connectivity index (χ3n) is 2.04. The van der Waals surface area contributed by atoms with Crippen molar-refractivity contribution in [3.8, 4) is 0 Å². The monoisotopic (exact) mass is 222 g/mol. The third-order valence-corrected chi connectivity index (χ3v) is 2.04. The largest absolute Gasteiger partial charge is 0.469 e. The fraction of sp³-hybridized carbons (Fsp3) is 0.333. The molecule has 0 saturated heterocycles. The van der Waals surface area contributed by atoms with Crippen LogP contribution in [0.5, 0.6) is 0 Å². The van der Waals surface area contributed by atoms with E-state index in [1.54, 1.807) is 0 Å². The smallest absolute Gasteiger partial charge is 0.309 e. The molecular weight excluding hydrogens is 208 g/mol. The molecule has 0 aromatic heterocycles. The highest BCUT2D eigenvalue weighted by Crippen LogP contribution is 2.07. The van der Waals surface area contributed by atoms with Crippen molar-refractivity contribution >= 4 is 11.9 Å². The lowest BCUT2D eigenvalue weighted by atomic mass is 10.1. The van der Waals surface area contributed by atoms with Crippen LogP contribution in [0.2, 0.25) is 0 Å². The molecule has 1 aromatic rings. The van der Waals surface area contributed by atoms with Gasteiger partial charge in [0.2, 0.25) is 0 Å². The van der Waals surface area contributed by atoms with Crippen LogP contribution in [0.15, 0.2) is 24.3 Å². The summed E-state index contributed by atoms with van der Waals surface area (Å²) >= 11 is 0. The van der Waals surface area contributed by atoms with Gasteiger partial charge in [0.15, 0.2) is 0 Å². The van der Waals surface area contributed by atoms with Gasteiger partial charge in [0.25, 0.3) is 0 Å². The van der Waals surface area contributed by atoms with Crippen molar-refractivity contribution in [1.29, 1.82) is 0 Å². The zero-order chi connectivity index (χ0) is 12.0. The zero-order valence-electron chi connectivity index (χ0n) is 9.36. The second-order valence-electron chi connectivity index (χ2n) is 3.35. The van der Waals surface area contributed by atoms with Gasteiger partial charge in [0, 0.05) is 6.92 Å². The molecule has 0 aliphatic rings. The lowest BCUT2D eigenvalue weighted by Gasteiger charge is -2.03. The second-order valence-corrected chi connectivity index (χ2v) is 3.35. The van der Waals surface area contributed by atoms with E-state index in [-0.39, 0.29) is 25.0 Å². The Bertz CT molecular complexity index is 367. The molecule has 0 unspecified atom stereocenters. The summed E-state index contributed by atoms with van der Waals surface area (Å²) in [5, 5.41) is 0. The number of methoxy groups -OCH3 is 1. The molecule has 0 heterocycles. The second kappa shape index (κ2) is 5.90. The Kier molecular flexibility index (Phi) is 4.51. The lowest BCUT2D eigenvalue weighted by Crippen LogP contribution is -2.04. The Labute approximate surface area is 94.2 Å². The maximum Gasteiger partial charge on any atom is 0.309 e. The summed E-state index contributed by atoms with van der Waals surface area (Å²) in [5.41, 5.74) is 1.77. The molecule has 0 fully saturated rings. The predicted octanol–water partition coefficient (Wildman–Crippen LogP) is 1.47. The number of ether oxygens (including phenoxy) is 2. The average molecular weight is 222 g/mol. The molecule has 0 N–H and O–H groups in total. The first-order valence-corrected chi connectivity index (χ1v) is 4.90. The number of esters is 2. The molecule has 0 saturated carbocycles. The summed E-state index contributed by atoms with van der Waals surface area (Å²) in [6.45, 7) is 1.62. The van der Waals surface area contributed by atoms with Gasteiger partial charge in [-0.25, -0.2) is 0 Å². The van der Waals surface area contributed by atoms with Gasteiger partial charge in [-0.3, -0.25) is 9.59 Å². The van der Waals surface area contributed by atoms with Crippen molar-refractivity contribution < 1.29 is 19.1 Å². The topological polar surface area (TPSA) is 52.6 Å². The minimum atomic E-state index is -0.307. The van der Waals surface area contributed by atoms with Crippen LogP contribution in [0.25, 0.3) is 0 Å². The number of rotatable bonds is 4. The Hall–Kier alpha value is -1.84. The first kappa shape index (κ1) is 12.2. The van der Waals surface area contributed by atoms with Crippen LogP contribution < -0.4 is 0 Å². The lowest BCUT2D eigenvalue weighted by molar-refractivity contribution is -0.142. The van der Waals surface area contributed by atoms with E-state index in [2.05, 4.69) is 4.74 Å². The number of hydrogen-bond acceptors (Lipinski definition) is 4. The number of carbonyl (C=O) groups excluding carboxylic acids is 2. The van der Waals surface area contributed by atoms with Crippen LogP contribution in [0.3, 0.4) is 0 Å². The quantitative estimate of drug-likeness (QED) is 0.724. The van der Waals surface area contributed by atoms with Crippen LogP contribution in [-0.4, -0.2) is 19.0 Å². The molecule has 16 heavy (non-hydrogen) atoms. The minimum Gasteiger partial charge on any atom is -0.469 e. The van der Waals surface area contributed by atoms with E-state index >= 15 is 0 Å². The summed E-state index contributed by atoms with van der Waals surface area (Å²) in [4.78, 5) is 21.6. The Balaban J connectivity index is 2.54.